The van der Waals surface area contributed by atoms with E-state index in [1.165, 1.54) is 63.5 Å². The van der Waals surface area contributed by atoms with Crippen LogP contribution in [0.2, 0.25) is 0 Å². The first kappa shape index (κ1) is 80.9. The van der Waals surface area contributed by atoms with Gasteiger partial charge < -0.3 is 61.7 Å². The smallest absolute Gasteiger partial charge is 0.326 e. The minimum Gasteiger partial charge on any atom is -0.508 e. The van der Waals surface area contributed by atoms with Crippen molar-refractivity contribution >= 4 is 58.6 Å². The number of nitrogens with two attached hydrogens (primary N) is 2. The molecule has 22 nitrogen and oxygen atoms in total. The van der Waals surface area contributed by atoms with Crippen molar-refractivity contribution in [3.63, 3.8) is 0 Å². The molecular weight excluding hydrogens is 1140 g/mol. The van der Waals surface area contributed by atoms with Crippen molar-refractivity contribution in [2.45, 2.75) is 225 Å². The van der Waals surface area contributed by atoms with Crippen molar-refractivity contribution in [3.8, 4) is 5.75 Å². The number of ketones is 4. The first-order chi connectivity index (χ1) is 42.7. The number of hydrogen-bond acceptors (Lipinski definition) is 16. The number of nitrogens with one attached hydrogen (secondary N) is 4. The van der Waals surface area contributed by atoms with Crippen LogP contribution in [0.15, 0.2) is 36.5 Å². The van der Waals surface area contributed by atoms with E-state index in [4.69, 9.17) is 40.9 Å². The molecule has 0 aliphatic rings. The van der Waals surface area contributed by atoms with E-state index in [1.807, 2.05) is 13.8 Å². The Morgan fingerprint density at radius 1 is 0.506 bits per heavy atom. The van der Waals surface area contributed by atoms with Crippen molar-refractivity contribution in [2.75, 3.05) is 65.9 Å². The van der Waals surface area contributed by atoms with Crippen LogP contribution in [0.4, 0.5) is 0 Å². The van der Waals surface area contributed by atoms with Crippen LogP contribution < -0.4 is 27.4 Å². The van der Waals surface area contributed by atoms with Crippen LogP contribution in [0.3, 0.4) is 0 Å². The SMILES string of the molecule is C=C(CCCCCCCCCCCCCCCCC(=O)O)N[C@@H](CCC(=O)NCCOCCOCC(=O)CCCOCCOCC(=O)NCCCC[C@H](CC(=O)CC(C)C)C(=O)C[C@@H](CCCCC(=N)N)C(=O)C[C@@H](Cc1ccc(O)cc1)C(N)=O)C(=O)O. The molecule has 1 aromatic carbocycles. The van der Waals surface area contributed by atoms with Gasteiger partial charge in [0, 0.05) is 94.5 Å². The van der Waals surface area contributed by atoms with E-state index in [2.05, 4.69) is 22.5 Å². The highest BCUT2D eigenvalue weighted by molar-refractivity contribution is 5.93. The number of hydrogen-bond donors (Lipinski definition) is 9. The third-order valence-corrected chi connectivity index (χ3v) is 15.3. The van der Waals surface area contributed by atoms with Gasteiger partial charge in [0.1, 0.15) is 42.4 Å². The Balaban J connectivity index is 2.22. The standard InChI is InChI=1S/C67H112N6O16/c1-50(2)43-58(76)45-53(60(77)46-54(24-18-19-27-62(68)69)61(78)47-55(66(70)83)44-52-29-31-56(74)32-30-52)25-20-21-35-71-64(80)49-89-42-39-86-37-22-26-57(75)48-88-41-40-87-38-36-72-63(79)34-33-59(67(84)85)73-51(3)23-16-14-12-10-8-6-4-5-7-9-11-13-15-17-28-65(81)82/h29-32,50,53-55,59,73-74H,3-28,33-49H2,1-2H3,(H3,68,69)(H2,70,83)(H,71,80)(H,72,79)(H,81,82)(H,84,85)/t53-,54-,55-,59+/m1/s1. The van der Waals surface area contributed by atoms with Gasteiger partial charge in [-0.05, 0) is 87.8 Å². The van der Waals surface area contributed by atoms with E-state index in [9.17, 15) is 53.4 Å². The molecule has 4 atom stereocenters. The number of carbonyl (C=O) groups is 9. The fourth-order valence-electron chi connectivity index (χ4n) is 10.2. The summed E-state index contributed by atoms with van der Waals surface area (Å²) < 4.78 is 21.9. The number of benzene rings is 1. The van der Waals surface area contributed by atoms with E-state index < -0.39 is 41.6 Å². The minimum atomic E-state index is -1.04. The molecule has 0 radical (unpaired) electrons. The molecule has 0 bridgehead atoms. The van der Waals surface area contributed by atoms with Crippen LogP contribution in [0.5, 0.6) is 5.75 Å². The molecule has 0 saturated carbocycles. The molecule has 3 amide bonds. The Morgan fingerprint density at radius 3 is 1.57 bits per heavy atom. The molecule has 0 fully saturated rings. The second-order valence-electron chi connectivity index (χ2n) is 24.0. The first-order valence-corrected chi connectivity index (χ1v) is 32.9. The minimum absolute atomic E-state index is 0.0210. The number of amides is 3. The number of aliphatic carboxylic acids is 2. The van der Waals surface area contributed by atoms with Crippen molar-refractivity contribution in [3.05, 3.63) is 42.1 Å². The van der Waals surface area contributed by atoms with Gasteiger partial charge >= 0.3 is 11.9 Å². The number of phenolic OH excluding ortho intramolecular Hbond substituents is 1. The number of aromatic hydroxyl groups is 1. The van der Waals surface area contributed by atoms with Crippen molar-refractivity contribution < 1.29 is 77.4 Å². The molecule has 89 heavy (non-hydrogen) atoms. The maximum Gasteiger partial charge on any atom is 0.326 e. The molecule has 1 aromatic rings. The maximum absolute atomic E-state index is 14.0. The van der Waals surface area contributed by atoms with E-state index in [0.717, 1.165) is 44.1 Å². The predicted octanol–water partition coefficient (Wildman–Crippen LogP) is 9.17. The number of rotatable bonds is 63. The van der Waals surface area contributed by atoms with Gasteiger partial charge in [0.2, 0.25) is 17.7 Å². The number of carboxylic acid groups (broad SMARTS) is 2. The summed E-state index contributed by atoms with van der Waals surface area (Å²) in [5, 5.41) is 44.2. The Bertz CT molecular complexity index is 2210. The molecule has 0 saturated heterocycles. The van der Waals surface area contributed by atoms with Crippen LogP contribution in [0.25, 0.3) is 0 Å². The second-order valence-corrected chi connectivity index (χ2v) is 24.0. The summed E-state index contributed by atoms with van der Waals surface area (Å²) in [6.45, 7) is 9.48. The molecule has 0 aliphatic heterocycles. The molecule has 0 aromatic heterocycles. The first-order valence-electron chi connectivity index (χ1n) is 32.9. The van der Waals surface area contributed by atoms with Gasteiger partial charge in [-0.2, -0.15) is 0 Å². The molecule has 22 heteroatoms. The molecular formula is C67H112N6O16. The second kappa shape index (κ2) is 52.7. The van der Waals surface area contributed by atoms with Crippen molar-refractivity contribution in [1.82, 2.24) is 16.0 Å². The Kier molecular flexibility index (Phi) is 47.9. The van der Waals surface area contributed by atoms with E-state index >= 15 is 0 Å². The highest BCUT2D eigenvalue weighted by atomic mass is 16.5. The Morgan fingerprint density at radius 2 is 1.01 bits per heavy atom. The molecule has 0 unspecified atom stereocenters. The summed E-state index contributed by atoms with van der Waals surface area (Å²) in [6, 6.07) is 5.37. The number of unbranched alkanes of at least 4 members (excludes halogenated alkanes) is 15. The van der Waals surface area contributed by atoms with Crippen LogP contribution in [-0.4, -0.2) is 146 Å². The van der Waals surface area contributed by atoms with Gasteiger partial charge in [0.25, 0.3) is 0 Å². The van der Waals surface area contributed by atoms with Crippen LogP contribution in [0.1, 0.15) is 218 Å². The number of carboxylic acids is 2. The summed E-state index contributed by atoms with van der Waals surface area (Å²) in [7, 11) is 0. The zero-order valence-corrected chi connectivity index (χ0v) is 53.9. The average Bonchev–Trinajstić information content (AvgIpc) is 3.63. The van der Waals surface area contributed by atoms with Crippen LogP contribution in [-0.2, 0) is 68.5 Å². The Hall–Kier alpha value is -6.10. The van der Waals surface area contributed by atoms with Gasteiger partial charge in [0.05, 0.1) is 38.9 Å². The summed E-state index contributed by atoms with van der Waals surface area (Å²) in [4.78, 5) is 113. The number of ether oxygens (including phenoxy) is 4. The van der Waals surface area contributed by atoms with E-state index in [1.54, 1.807) is 12.1 Å². The lowest BCUT2D eigenvalue weighted by atomic mass is 9.81. The maximum atomic E-state index is 14.0. The van der Waals surface area contributed by atoms with Gasteiger partial charge in [-0.3, -0.25) is 43.8 Å². The quantitative estimate of drug-likeness (QED) is 0.0167. The molecule has 506 valence electrons. The normalized spacial score (nSPS) is 12.6. The highest BCUT2D eigenvalue weighted by Gasteiger charge is 2.31. The molecule has 0 spiro atoms. The third kappa shape index (κ3) is 47.5. The molecule has 11 N–H and O–H groups in total. The zero-order chi connectivity index (χ0) is 65.9. The molecule has 1 rings (SSSR count). The van der Waals surface area contributed by atoms with Gasteiger partial charge in [-0.1, -0.05) is 122 Å². The van der Waals surface area contributed by atoms with Crippen LogP contribution >= 0.6 is 0 Å². The monoisotopic (exact) mass is 1260 g/mol. The van der Waals surface area contributed by atoms with Crippen LogP contribution in [0, 0.1) is 29.1 Å². The fourth-order valence-corrected chi connectivity index (χ4v) is 10.2. The van der Waals surface area contributed by atoms with E-state index in [0.29, 0.717) is 83.1 Å². The summed E-state index contributed by atoms with van der Waals surface area (Å²) >= 11 is 0. The molecule has 0 heterocycles. The largest absolute Gasteiger partial charge is 0.508 e. The lowest BCUT2D eigenvalue weighted by molar-refractivity contribution is -0.140. The summed E-state index contributed by atoms with van der Waals surface area (Å²) in [5.74, 6) is -5.65. The summed E-state index contributed by atoms with van der Waals surface area (Å²) in [6.07, 6.45) is 21.1. The number of Topliss-reactive ketones (excluding diaryl/α,β-unsaturated/α-hetero) is 4. The number of amidine groups is 1. The zero-order valence-electron chi connectivity index (χ0n) is 53.9. The number of carbonyl (C=O) groups excluding carboxylic acids is 7. The number of phenols is 1. The predicted molar refractivity (Wildman–Crippen MR) is 342 cm³/mol. The number of primary amides is 1. The van der Waals surface area contributed by atoms with Gasteiger partial charge in [-0.15, -0.1) is 0 Å². The number of allylic oxidation sites excluding steroid dienone is 1. The lowest BCUT2D eigenvalue weighted by Gasteiger charge is -2.22. The van der Waals surface area contributed by atoms with Gasteiger partial charge in [0.15, 0.2) is 5.78 Å². The van der Waals surface area contributed by atoms with Crippen molar-refractivity contribution in [2.24, 2.45) is 35.1 Å². The lowest BCUT2D eigenvalue weighted by Crippen LogP contribution is -2.37. The van der Waals surface area contributed by atoms with Gasteiger partial charge in [-0.25, -0.2) is 4.79 Å². The van der Waals surface area contributed by atoms with Crippen molar-refractivity contribution in [1.29, 1.82) is 5.41 Å². The summed E-state index contributed by atoms with van der Waals surface area (Å²) in [5.41, 5.74) is 12.7. The highest BCUT2D eigenvalue weighted by Crippen LogP contribution is 2.27. The van der Waals surface area contributed by atoms with E-state index in [-0.39, 0.29) is 157 Å². The third-order valence-electron chi connectivity index (χ3n) is 15.3. The average molecular weight is 1260 g/mol. The molecule has 0 aliphatic carbocycles. The Labute approximate surface area is 529 Å². The fraction of sp³-hybridized carbons (Fsp3) is 0.731. The topological polar surface area (TPSA) is 363 Å².